The summed E-state index contributed by atoms with van der Waals surface area (Å²) in [4.78, 5) is 52.0. The van der Waals surface area contributed by atoms with Crippen molar-refractivity contribution in [2.75, 3.05) is 11.9 Å². The monoisotopic (exact) mass is 401 g/mol. The zero-order valence-corrected chi connectivity index (χ0v) is 16.5. The van der Waals surface area contributed by atoms with Gasteiger partial charge in [0.2, 0.25) is 11.8 Å². The molecule has 4 rings (SSSR count). The van der Waals surface area contributed by atoms with Gasteiger partial charge in [0.1, 0.15) is 11.9 Å². The number of hydrogen-bond donors (Lipinski definition) is 1. The molecule has 2 fully saturated rings. The highest BCUT2D eigenvalue weighted by Crippen LogP contribution is 2.36. The number of imide groups is 2. The second-order valence-electron chi connectivity index (χ2n) is 8.24. The van der Waals surface area contributed by atoms with Crippen LogP contribution in [0.15, 0.2) is 12.1 Å². The maximum absolute atomic E-state index is 14.9. The zero-order chi connectivity index (χ0) is 20.9. The summed E-state index contributed by atoms with van der Waals surface area (Å²) in [6, 6.07) is 1.64. The molecule has 4 amide bonds. The number of hydrogen-bond acceptors (Lipinski definition) is 5. The molecule has 8 heteroatoms. The molecule has 29 heavy (non-hydrogen) atoms. The average Bonchev–Trinajstić information content (AvgIpc) is 2.91. The summed E-state index contributed by atoms with van der Waals surface area (Å²) in [5.74, 6) is -2.58. The van der Waals surface area contributed by atoms with E-state index in [1.807, 2.05) is 11.9 Å². The molecule has 1 aromatic rings. The summed E-state index contributed by atoms with van der Waals surface area (Å²) in [6.45, 7) is 2.14. The van der Waals surface area contributed by atoms with E-state index in [0.29, 0.717) is 5.92 Å². The highest BCUT2D eigenvalue weighted by Gasteiger charge is 2.45. The fourth-order valence-corrected chi connectivity index (χ4v) is 4.80. The number of piperidine rings is 1. The fraction of sp³-hybridized carbons (Fsp3) is 0.524. The lowest BCUT2D eigenvalue weighted by atomic mass is 9.85. The number of carbonyl (C=O) groups is 4. The maximum Gasteiger partial charge on any atom is 0.262 e. The molecule has 0 radical (unpaired) electrons. The van der Waals surface area contributed by atoms with Gasteiger partial charge in [0.05, 0.1) is 16.8 Å². The zero-order valence-electron chi connectivity index (χ0n) is 16.5. The summed E-state index contributed by atoms with van der Waals surface area (Å²) in [7, 11) is 1.82. The van der Waals surface area contributed by atoms with Crippen LogP contribution < -0.4 is 10.2 Å². The molecule has 1 aromatic carbocycles. The third-order valence-corrected chi connectivity index (χ3v) is 6.45. The SMILES string of the molecule is CC1CCCCC1N(C)c1cc2c(cc1F)C(=O)N(C1CCC(=O)NC1=O)C2=O. The van der Waals surface area contributed by atoms with Crippen molar-refractivity contribution < 1.29 is 23.6 Å². The molecule has 2 aliphatic heterocycles. The summed E-state index contributed by atoms with van der Waals surface area (Å²) >= 11 is 0. The van der Waals surface area contributed by atoms with Crippen molar-refractivity contribution in [2.24, 2.45) is 5.92 Å². The maximum atomic E-state index is 14.9. The van der Waals surface area contributed by atoms with Crippen molar-refractivity contribution in [3.8, 4) is 0 Å². The van der Waals surface area contributed by atoms with E-state index in [0.717, 1.165) is 36.6 Å². The third kappa shape index (κ3) is 3.20. The van der Waals surface area contributed by atoms with Gasteiger partial charge in [-0.05, 0) is 37.3 Å². The van der Waals surface area contributed by atoms with Crippen LogP contribution in [0.4, 0.5) is 10.1 Å². The number of anilines is 1. The number of nitrogens with zero attached hydrogens (tertiary/aromatic N) is 2. The van der Waals surface area contributed by atoms with Gasteiger partial charge in [-0.1, -0.05) is 19.8 Å². The summed E-state index contributed by atoms with van der Waals surface area (Å²) in [5, 5.41) is 2.16. The molecule has 1 aliphatic carbocycles. The first-order valence-electron chi connectivity index (χ1n) is 10.1. The van der Waals surface area contributed by atoms with Crippen LogP contribution in [0.25, 0.3) is 0 Å². The van der Waals surface area contributed by atoms with Crippen molar-refractivity contribution in [1.29, 1.82) is 0 Å². The Morgan fingerprint density at radius 2 is 1.69 bits per heavy atom. The molecule has 3 unspecified atom stereocenters. The first-order valence-corrected chi connectivity index (χ1v) is 10.1. The summed E-state index contributed by atoms with van der Waals surface area (Å²) < 4.78 is 14.9. The number of benzene rings is 1. The number of rotatable bonds is 3. The Kier molecular flexibility index (Phi) is 4.88. The van der Waals surface area contributed by atoms with E-state index in [-0.39, 0.29) is 35.7 Å². The van der Waals surface area contributed by atoms with Gasteiger partial charge in [0, 0.05) is 19.5 Å². The van der Waals surface area contributed by atoms with Gasteiger partial charge in [-0.2, -0.15) is 0 Å². The van der Waals surface area contributed by atoms with Crippen molar-refractivity contribution in [3.63, 3.8) is 0 Å². The van der Waals surface area contributed by atoms with E-state index in [1.165, 1.54) is 6.07 Å². The number of amides is 4. The number of fused-ring (bicyclic) bond motifs is 1. The lowest BCUT2D eigenvalue weighted by Crippen LogP contribution is -2.54. The molecule has 3 atom stereocenters. The van der Waals surface area contributed by atoms with Crippen LogP contribution in [0.1, 0.15) is 66.2 Å². The Balaban J connectivity index is 1.66. The number of halogens is 1. The Labute approximate surface area is 168 Å². The second kappa shape index (κ2) is 7.24. The molecule has 0 spiro atoms. The lowest BCUT2D eigenvalue weighted by molar-refractivity contribution is -0.136. The molecule has 0 aromatic heterocycles. The van der Waals surface area contributed by atoms with E-state index < -0.39 is 35.5 Å². The van der Waals surface area contributed by atoms with Gasteiger partial charge in [-0.25, -0.2) is 4.39 Å². The second-order valence-corrected chi connectivity index (χ2v) is 8.24. The van der Waals surface area contributed by atoms with Gasteiger partial charge in [0.15, 0.2) is 0 Å². The normalized spacial score (nSPS) is 27.1. The van der Waals surface area contributed by atoms with E-state index >= 15 is 0 Å². The van der Waals surface area contributed by atoms with Crippen molar-refractivity contribution >= 4 is 29.3 Å². The topological polar surface area (TPSA) is 86.8 Å². The predicted molar refractivity (Wildman–Crippen MR) is 103 cm³/mol. The molecule has 1 N–H and O–H groups in total. The molecule has 0 bridgehead atoms. The van der Waals surface area contributed by atoms with Gasteiger partial charge in [-0.3, -0.25) is 29.4 Å². The summed E-state index contributed by atoms with van der Waals surface area (Å²) in [5.41, 5.74) is 0.353. The minimum atomic E-state index is -1.05. The van der Waals surface area contributed by atoms with Crippen LogP contribution in [-0.2, 0) is 9.59 Å². The number of carbonyl (C=O) groups excluding carboxylic acids is 4. The average molecular weight is 401 g/mol. The molecular weight excluding hydrogens is 377 g/mol. The Hall–Kier alpha value is -2.77. The van der Waals surface area contributed by atoms with Crippen molar-refractivity contribution in [2.45, 2.75) is 57.5 Å². The molecule has 1 saturated carbocycles. The van der Waals surface area contributed by atoms with Crippen molar-refractivity contribution in [1.82, 2.24) is 10.2 Å². The van der Waals surface area contributed by atoms with Crippen molar-refractivity contribution in [3.05, 3.63) is 29.1 Å². The lowest BCUT2D eigenvalue weighted by Gasteiger charge is -2.38. The summed E-state index contributed by atoms with van der Waals surface area (Å²) in [6.07, 6.45) is 4.38. The first kappa shape index (κ1) is 19.5. The van der Waals surface area contributed by atoms with Gasteiger partial charge in [-0.15, -0.1) is 0 Å². The predicted octanol–water partition coefficient (Wildman–Crippen LogP) is 2.24. The standard InChI is InChI=1S/C21H24FN3O4/c1-11-5-3-4-6-15(11)24(2)17-10-13-12(9-14(17)22)20(28)25(21(13)29)16-7-8-18(26)23-19(16)27/h9-11,15-16H,3-8H2,1-2H3,(H,23,26,27). The van der Waals surface area contributed by atoms with E-state index in [4.69, 9.17) is 0 Å². The number of nitrogens with one attached hydrogen (secondary N) is 1. The smallest absolute Gasteiger partial charge is 0.262 e. The van der Waals surface area contributed by atoms with Crippen LogP contribution in [0.5, 0.6) is 0 Å². The quantitative estimate of drug-likeness (QED) is 0.785. The molecule has 3 aliphatic rings. The Bertz CT molecular complexity index is 915. The van der Waals surface area contributed by atoms with Crippen LogP contribution in [0.3, 0.4) is 0 Å². The first-order chi connectivity index (χ1) is 13.8. The largest absolute Gasteiger partial charge is 0.369 e. The molecular formula is C21H24FN3O4. The Morgan fingerprint density at radius 1 is 1.03 bits per heavy atom. The third-order valence-electron chi connectivity index (χ3n) is 6.45. The highest BCUT2D eigenvalue weighted by atomic mass is 19.1. The van der Waals surface area contributed by atoms with Crippen LogP contribution in [0, 0.1) is 11.7 Å². The molecule has 1 saturated heterocycles. The van der Waals surface area contributed by atoms with E-state index in [9.17, 15) is 23.6 Å². The molecule has 154 valence electrons. The Morgan fingerprint density at radius 3 is 2.34 bits per heavy atom. The van der Waals surface area contributed by atoms with E-state index in [1.54, 1.807) is 0 Å². The van der Waals surface area contributed by atoms with E-state index in [2.05, 4.69) is 12.2 Å². The van der Waals surface area contributed by atoms with Gasteiger partial charge in [0.25, 0.3) is 11.8 Å². The fourth-order valence-electron chi connectivity index (χ4n) is 4.80. The van der Waals surface area contributed by atoms with Crippen LogP contribution in [0.2, 0.25) is 0 Å². The van der Waals surface area contributed by atoms with Crippen LogP contribution in [-0.4, -0.2) is 47.7 Å². The van der Waals surface area contributed by atoms with Gasteiger partial charge < -0.3 is 4.90 Å². The highest BCUT2D eigenvalue weighted by molar-refractivity contribution is 6.23. The van der Waals surface area contributed by atoms with Gasteiger partial charge >= 0.3 is 0 Å². The van der Waals surface area contributed by atoms with Crippen LogP contribution >= 0.6 is 0 Å². The molecule has 2 heterocycles. The molecule has 7 nitrogen and oxygen atoms in total. The minimum absolute atomic E-state index is 0.0361. The minimum Gasteiger partial charge on any atom is -0.369 e.